The number of hydrogen-bond donors (Lipinski definition) is 0. The summed E-state index contributed by atoms with van der Waals surface area (Å²) >= 11 is 1.72. The average molecular weight is 179 g/mol. The van der Waals surface area contributed by atoms with Gasteiger partial charge in [0.25, 0.3) is 0 Å². The van der Waals surface area contributed by atoms with Crippen molar-refractivity contribution in [1.29, 1.82) is 0 Å². The molecule has 0 N–H and O–H groups in total. The molecule has 0 bridgehead atoms. The van der Waals surface area contributed by atoms with Gasteiger partial charge in [-0.05, 0) is 19.1 Å². The van der Waals surface area contributed by atoms with E-state index in [4.69, 9.17) is 4.42 Å². The number of aryl methyl sites for hydroxylation is 2. The zero-order valence-electron chi connectivity index (χ0n) is 7.00. The Morgan fingerprint density at radius 3 is 2.67 bits per heavy atom. The maximum atomic E-state index is 5.38. The monoisotopic (exact) mass is 179 g/mol. The molecule has 62 valence electrons. The van der Waals surface area contributed by atoms with Crippen LogP contribution in [0, 0.1) is 13.8 Å². The molecule has 3 heteroatoms. The molecule has 2 heterocycles. The maximum Gasteiger partial charge on any atom is 0.191 e. The van der Waals surface area contributed by atoms with Gasteiger partial charge in [-0.25, -0.2) is 4.98 Å². The summed E-state index contributed by atoms with van der Waals surface area (Å²) in [5, 5.41) is 0. The zero-order valence-corrected chi connectivity index (χ0v) is 7.81. The summed E-state index contributed by atoms with van der Waals surface area (Å²) in [6, 6.07) is 4.14. The van der Waals surface area contributed by atoms with Gasteiger partial charge in [0.1, 0.15) is 0 Å². The Kier molecular flexibility index (Phi) is 1.73. The molecule has 0 saturated heterocycles. The van der Waals surface area contributed by atoms with Crippen molar-refractivity contribution in [2.45, 2.75) is 13.8 Å². The van der Waals surface area contributed by atoms with E-state index < -0.39 is 0 Å². The quantitative estimate of drug-likeness (QED) is 0.672. The van der Waals surface area contributed by atoms with Crippen LogP contribution in [0.1, 0.15) is 10.8 Å². The SMILES string of the molecule is Cc1ncc(-c2ccc(C)s2)o1. The van der Waals surface area contributed by atoms with Crippen LogP contribution in [0.4, 0.5) is 0 Å². The van der Waals surface area contributed by atoms with Crippen molar-refractivity contribution in [1.82, 2.24) is 4.98 Å². The molecule has 0 aliphatic carbocycles. The minimum Gasteiger partial charge on any atom is -0.440 e. The predicted molar refractivity (Wildman–Crippen MR) is 49.3 cm³/mol. The Labute approximate surface area is 74.9 Å². The highest BCUT2D eigenvalue weighted by Crippen LogP contribution is 2.27. The molecule has 0 fully saturated rings. The number of aromatic nitrogens is 1. The summed E-state index contributed by atoms with van der Waals surface area (Å²) in [4.78, 5) is 6.48. The lowest BCUT2D eigenvalue weighted by molar-refractivity contribution is 0.535. The van der Waals surface area contributed by atoms with E-state index >= 15 is 0 Å². The van der Waals surface area contributed by atoms with Crippen LogP contribution in [0.5, 0.6) is 0 Å². The van der Waals surface area contributed by atoms with Gasteiger partial charge in [0, 0.05) is 11.8 Å². The Bertz CT molecular complexity index is 350. The van der Waals surface area contributed by atoms with Crippen molar-refractivity contribution in [2.75, 3.05) is 0 Å². The molecular weight excluding hydrogens is 170 g/mol. The van der Waals surface area contributed by atoms with Gasteiger partial charge in [0.05, 0.1) is 11.1 Å². The van der Waals surface area contributed by atoms with E-state index in [2.05, 4.69) is 24.0 Å². The van der Waals surface area contributed by atoms with Crippen molar-refractivity contribution in [2.24, 2.45) is 0 Å². The normalized spacial score (nSPS) is 10.5. The fraction of sp³-hybridized carbons (Fsp3) is 0.222. The average Bonchev–Trinajstić information content (AvgIpc) is 2.58. The minimum absolute atomic E-state index is 0.719. The molecule has 2 nitrogen and oxygen atoms in total. The van der Waals surface area contributed by atoms with E-state index in [0.29, 0.717) is 0 Å². The van der Waals surface area contributed by atoms with Gasteiger partial charge >= 0.3 is 0 Å². The van der Waals surface area contributed by atoms with Crippen LogP contribution in [0.25, 0.3) is 10.6 Å². The van der Waals surface area contributed by atoms with Gasteiger partial charge in [-0.15, -0.1) is 11.3 Å². The first kappa shape index (κ1) is 7.55. The van der Waals surface area contributed by atoms with E-state index in [1.54, 1.807) is 17.5 Å². The molecule has 0 radical (unpaired) electrons. The van der Waals surface area contributed by atoms with Crippen LogP contribution in [-0.2, 0) is 0 Å². The third-order valence-electron chi connectivity index (χ3n) is 1.60. The summed E-state index contributed by atoms with van der Waals surface area (Å²) < 4.78 is 5.38. The van der Waals surface area contributed by atoms with Crippen molar-refractivity contribution >= 4 is 11.3 Å². The van der Waals surface area contributed by atoms with Gasteiger partial charge < -0.3 is 4.42 Å². The summed E-state index contributed by atoms with van der Waals surface area (Å²) in [7, 11) is 0. The van der Waals surface area contributed by atoms with E-state index in [9.17, 15) is 0 Å². The topological polar surface area (TPSA) is 26.0 Å². The van der Waals surface area contributed by atoms with Gasteiger partial charge in [-0.1, -0.05) is 0 Å². The highest BCUT2D eigenvalue weighted by Gasteiger charge is 2.04. The van der Waals surface area contributed by atoms with Gasteiger partial charge in [-0.3, -0.25) is 0 Å². The van der Waals surface area contributed by atoms with Crippen molar-refractivity contribution in [3.8, 4) is 10.6 Å². The number of thiophene rings is 1. The highest BCUT2D eigenvalue weighted by atomic mass is 32.1. The van der Waals surface area contributed by atoms with E-state index in [1.807, 2.05) is 6.92 Å². The van der Waals surface area contributed by atoms with E-state index in [1.165, 1.54) is 4.88 Å². The molecule has 12 heavy (non-hydrogen) atoms. The lowest BCUT2D eigenvalue weighted by atomic mass is 10.4. The molecule has 0 saturated carbocycles. The van der Waals surface area contributed by atoms with E-state index in [0.717, 1.165) is 16.5 Å². The van der Waals surface area contributed by atoms with Crippen LogP contribution in [0.3, 0.4) is 0 Å². The Balaban J connectivity index is 2.43. The second-order valence-corrected chi connectivity index (χ2v) is 3.94. The third kappa shape index (κ3) is 1.28. The molecule has 0 spiro atoms. The van der Waals surface area contributed by atoms with Gasteiger partial charge in [-0.2, -0.15) is 0 Å². The highest BCUT2D eigenvalue weighted by molar-refractivity contribution is 7.15. The van der Waals surface area contributed by atoms with Crippen molar-refractivity contribution < 1.29 is 4.42 Å². The molecule has 2 aromatic heterocycles. The number of oxazole rings is 1. The summed E-state index contributed by atoms with van der Waals surface area (Å²) in [6.45, 7) is 3.93. The smallest absolute Gasteiger partial charge is 0.191 e. The fourth-order valence-corrected chi connectivity index (χ4v) is 1.86. The summed E-state index contributed by atoms with van der Waals surface area (Å²) in [6.07, 6.45) is 1.76. The van der Waals surface area contributed by atoms with Crippen LogP contribution in [0.15, 0.2) is 22.7 Å². The first-order valence-corrected chi connectivity index (χ1v) is 4.56. The number of rotatable bonds is 1. The fourth-order valence-electron chi connectivity index (χ4n) is 1.04. The van der Waals surface area contributed by atoms with Crippen molar-refractivity contribution in [3.63, 3.8) is 0 Å². The Morgan fingerprint density at radius 1 is 1.33 bits per heavy atom. The predicted octanol–water partition coefficient (Wildman–Crippen LogP) is 3.02. The molecule has 0 aromatic carbocycles. The lowest BCUT2D eigenvalue weighted by Crippen LogP contribution is -1.61. The second kappa shape index (κ2) is 2.75. The number of hydrogen-bond acceptors (Lipinski definition) is 3. The zero-order chi connectivity index (χ0) is 8.55. The molecule has 2 aromatic rings. The largest absolute Gasteiger partial charge is 0.440 e. The second-order valence-electron chi connectivity index (χ2n) is 2.65. The molecule has 0 amide bonds. The summed E-state index contributed by atoms with van der Waals surface area (Å²) in [5.74, 6) is 1.58. The van der Waals surface area contributed by atoms with Gasteiger partial charge in [0.15, 0.2) is 11.7 Å². The summed E-state index contributed by atoms with van der Waals surface area (Å²) in [5.41, 5.74) is 0. The van der Waals surface area contributed by atoms with Crippen LogP contribution in [-0.4, -0.2) is 4.98 Å². The molecule has 0 aliphatic rings. The van der Waals surface area contributed by atoms with Crippen LogP contribution in [0.2, 0.25) is 0 Å². The Morgan fingerprint density at radius 2 is 2.17 bits per heavy atom. The first-order chi connectivity index (χ1) is 5.75. The number of nitrogens with zero attached hydrogens (tertiary/aromatic N) is 1. The molecular formula is C9H9NOS. The van der Waals surface area contributed by atoms with Gasteiger partial charge in [0.2, 0.25) is 0 Å². The first-order valence-electron chi connectivity index (χ1n) is 3.75. The standard InChI is InChI=1S/C9H9NOS/c1-6-3-4-9(12-6)8-5-10-7(2)11-8/h3-5H,1-2H3. The van der Waals surface area contributed by atoms with Crippen LogP contribution < -0.4 is 0 Å². The molecule has 0 aliphatic heterocycles. The third-order valence-corrected chi connectivity index (χ3v) is 2.62. The van der Waals surface area contributed by atoms with E-state index in [-0.39, 0.29) is 0 Å². The van der Waals surface area contributed by atoms with Crippen LogP contribution >= 0.6 is 11.3 Å². The molecule has 2 rings (SSSR count). The Hall–Kier alpha value is -1.09. The maximum absolute atomic E-state index is 5.38. The molecule has 0 atom stereocenters. The molecule has 0 unspecified atom stereocenters. The minimum atomic E-state index is 0.719. The van der Waals surface area contributed by atoms with Crippen molar-refractivity contribution in [3.05, 3.63) is 29.1 Å². The lowest BCUT2D eigenvalue weighted by Gasteiger charge is -1.86.